The van der Waals surface area contributed by atoms with Crippen LogP contribution in [0, 0.1) is 11.8 Å². The minimum atomic E-state index is -0.0236. The number of benzene rings is 1. The molecule has 182 valence electrons. The summed E-state index contributed by atoms with van der Waals surface area (Å²) >= 11 is 0. The summed E-state index contributed by atoms with van der Waals surface area (Å²) in [6.07, 6.45) is 9.64. The second-order valence-electron chi connectivity index (χ2n) is 9.81. The predicted octanol–water partition coefficient (Wildman–Crippen LogP) is 4.02. The van der Waals surface area contributed by atoms with E-state index in [0.29, 0.717) is 19.6 Å². The summed E-state index contributed by atoms with van der Waals surface area (Å²) in [5.74, 6) is 1.03. The van der Waals surface area contributed by atoms with Crippen LogP contribution < -0.4 is 4.90 Å². The number of nitrogens with zero attached hydrogens (tertiary/aromatic N) is 4. The summed E-state index contributed by atoms with van der Waals surface area (Å²) in [5.41, 5.74) is 2.32. The second kappa shape index (κ2) is 12.1. The molecule has 2 aliphatic rings. The molecule has 0 spiro atoms. The number of anilines is 1. The van der Waals surface area contributed by atoms with Crippen molar-refractivity contribution in [2.24, 2.45) is 11.8 Å². The van der Waals surface area contributed by atoms with Crippen LogP contribution in [0.3, 0.4) is 0 Å². The van der Waals surface area contributed by atoms with Gasteiger partial charge in [-0.3, -0.25) is 14.6 Å². The molecular weight excluding hydrogens is 424 g/mol. The van der Waals surface area contributed by atoms with Crippen LogP contribution in [-0.4, -0.2) is 65.9 Å². The Balaban J connectivity index is 1.26. The van der Waals surface area contributed by atoms with E-state index in [0.717, 1.165) is 50.5 Å². The molecule has 2 aromatic rings. The summed E-state index contributed by atoms with van der Waals surface area (Å²) < 4.78 is 0. The fourth-order valence-electron chi connectivity index (χ4n) is 5.36. The van der Waals surface area contributed by atoms with E-state index in [1.807, 2.05) is 21.9 Å². The highest BCUT2D eigenvalue weighted by Crippen LogP contribution is 2.25. The van der Waals surface area contributed by atoms with Crippen molar-refractivity contribution in [3.8, 4) is 0 Å². The number of rotatable bonds is 8. The minimum absolute atomic E-state index is 0.0236. The lowest BCUT2D eigenvalue weighted by Gasteiger charge is -2.35. The molecule has 0 N–H and O–H groups in total. The van der Waals surface area contributed by atoms with Crippen LogP contribution >= 0.6 is 0 Å². The van der Waals surface area contributed by atoms with Gasteiger partial charge in [-0.05, 0) is 81.8 Å². The van der Waals surface area contributed by atoms with Gasteiger partial charge in [0.1, 0.15) is 0 Å². The van der Waals surface area contributed by atoms with Gasteiger partial charge in [0.2, 0.25) is 11.8 Å². The molecule has 0 aliphatic carbocycles. The zero-order valence-corrected chi connectivity index (χ0v) is 20.4. The second-order valence-corrected chi connectivity index (χ2v) is 9.81. The molecule has 0 saturated carbocycles. The van der Waals surface area contributed by atoms with Crippen molar-refractivity contribution in [1.29, 1.82) is 0 Å². The quantitative estimate of drug-likeness (QED) is 0.595. The molecule has 6 heteroatoms. The number of hydrogen-bond donors (Lipinski definition) is 0. The smallest absolute Gasteiger partial charge is 0.230 e. The minimum Gasteiger partial charge on any atom is -0.343 e. The van der Waals surface area contributed by atoms with E-state index >= 15 is 0 Å². The maximum atomic E-state index is 13.5. The average Bonchev–Trinajstić information content (AvgIpc) is 2.88. The number of amides is 2. The standard InChI is InChI=1S/C28H38N4O2/c1-23(33)31-19-12-26(13-20-31)28(34)32(27-9-5-14-29-22-27)16-6-15-30-17-10-25(11-18-30)21-24-7-3-2-4-8-24/h2-5,7-9,14,22,25-26H,6,10-13,15-21H2,1H3. The molecule has 3 heterocycles. The van der Waals surface area contributed by atoms with Gasteiger partial charge in [-0.2, -0.15) is 0 Å². The lowest BCUT2D eigenvalue weighted by molar-refractivity contribution is -0.133. The fraction of sp³-hybridized carbons (Fsp3) is 0.536. The van der Waals surface area contributed by atoms with Crippen LogP contribution in [0.25, 0.3) is 0 Å². The first-order valence-electron chi connectivity index (χ1n) is 12.8. The summed E-state index contributed by atoms with van der Waals surface area (Å²) in [5, 5.41) is 0. The highest BCUT2D eigenvalue weighted by molar-refractivity contribution is 5.95. The number of carbonyl (C=O) groups excluding carboxylic acids is 2. The van der Waals surface area contributed by atoms with Gasteiger partial charge in [0, 0.05) is 38.7 Å². The normalized spacial score (nSPS) is 18.1. The Morgan fingerprint density at radius 3 is 2.35 bits per heavy atom. The maximum absolute atomic E-state index is 13.5. The van der Waals surface area contributed by atoms with Crippen molar-refractivity contribution in [2.45, 2.75) is 45.4 Å². The van der Waals surface area contributed by atoms with Crippen molar-refractivity contribution < 1.29 is 9.59 Å². The van der Waals surface area contributed by atoms with E-state index in [2.05, 4.69) is 40.2 Å². The number of carbonyl (C=O) groups is 2. The summed E-state index contributed by atoms with van der Waals surface area (Å²) in [4.78, 5) is 35.7. The summed E-state index contributed by atoms with van der Waals surface area (Å²) in [6, 6.07) is 14.7. The Bertz CT molecular complexity index is 905. The molecule has 0 atom stereocenters. The predicted molar refractivity (Wildman–Crippen MR) is 135 cm³/mol. The number of pyridine rings is 1. The van der Waals surface area contributed by atoms with Gasteiger partial charge in [-0.25, -0.2) is 0 Å². The Morgan fingerprint density at radius 2 is 1.71 bits per heavy atom. The van der Waals surface area contributed by atoms with Gasteiger partial charge >= 0.3 is 0 Å². The SMILES string of the molecule is CC(=O)N1CCC(C(=O)N(CCCN2CCC(Cc3ccccc3)CC2)c2cccnc2)CC1. The maximum Gasteiger partial charge on any atom is 0.230 e. The van der Waals surface area contributed by atoms with Gasteiger partial charge in [0.05, 0.1) is 11.9 Å². The first-order valence-corrected chi connectivity index (χ1v) is 12.8. The van der Waals surface area contributed by atoms with Crippen LogP contribution in [0.15, 0.2) is 54.9 Å². The van der Waals surface area contributed by atoms with E-state index in [1.54, 1.807) is 19.3 Å². The van der Waals surface area contributed by atoms with Crippen molar-refractivity contribution >= 4 is 17.5 Å². The van der Waals surface area contributed by atoms with Crippen LogP contribution in [0.2, 0.25) is 0 Å². The van der Waals surface area contributed by atoms with Crippen molar-refractivity contribution in [3.05, 3.63) is 60.4 Å². The lowest BCUT2D eigenvalue weighted by atomic mass is 9.90. The van der Waals surface area contributed by atoms with Crippen LogP contribution in [-0.2, 0) is 16.0 Å². The Labute approximate surface area is 204 Å². The first-order chi connectivity index (χ1) is 16.6. The summed E-state index contributed by atoms with van der Waals surface area (Å²) in [7, 11) is 0. The molecule has 2 amide bonds. The number of likely N-dealkylation sites (tertiary alicyclic amines) is 2. The van der Waals surface area contributed by atoms with Gasteiger partial charge < -0.3 is 14.7 Å². The molecular formula is C28H38N4O2. The zero-order chi connectivity index (χ0) is 23.8. The Morgan fingerprint density at radius 1 is 0.971 bits per heavy atom. The molecule has 2 fully saturated rings. The van der Waals surface area contributed by atoms with E-state index < -0.39 is 0 Å². The average molecular weight is 463 g/mol. The molecule has 2 aliphatic heterocycles. The third-order valence-corrected chi connectivity index (χ3v) is 7.44. The zero-order valence-electron chi connectivity index (χ0n) is 20.4. The number of hydrogen-bond acceptors (Lipinski definition) is 4. The monoisotopic (exact) mass is 462 g/mol. The van der Waals surface area contributed by atoms with Crippen molar-refractivity contribution in [3.63, 3.8) is 0 Å². The Hall–Kier alpha value is -2.73. The van der Waals surface area contributed by atoms with Crippen LogP contribution in [0.4, 0.5) is 5.69 Å². The topological polar surface area (TPSA) is 56.8 Å². The molecule has 1 aromatic carbocycles. The third-order valence-electron chi connectivity index (χ3n) is 7.44. The highest BCUT2D eigenvalue weighted by Gasteiger charge is 2.30. The molecule has 4 rings (SSSR count). The van der Waals surface area contributed by atoms with E-state index in [4.69, 9.17) is 0 Å². The molecule has 2 saturated heterocycles. The van der Waals surface area contributed by atoms with Gasteiger partial charge in [-0.15, -0.1) is 0 Å². The summed E-state index contributed by atoms with van der Waals surface area (Å²) in [6.45, 7) is 6.96. The molecule has 0 radical (unpaired) electrons. The fourth-order valence-corrected chi connectivity index (χ4v) is 5.36. The number of piperidine rings is 2. The van der Waals surface area contributed by atoms with Gasteiger partial charge in [-0.1, -0.05) is 30.3 Å². The molecule has 0 unspecified atom stereocenters. The number of aromatic nitrogens is 1. The highest BCUT2D eigenvalue weighted by atomic mass is 16.2. The van der Waals surface area contributed by atoms with Crippen molar-refractivity contribution in [1.82, 2.24) is 14.8 Å². The van der Waals surface area contributed by atoms with Crippen molar-refractivity contribution in [2.75, 3.05) is 44.2 Å². The largest absolute Gasteiger partial charge is 0.343 e. The van der Waals surface area contributed by atoms with Gasteiger partial charge in [0.25, 0.3) is 0 Å². The molecule has 1 aromatic heterocycles. The van der Waals surface area contributed by atoms with E-state index in [1.165, 1.54) is 24.8 Å². The lowest BCUT2D eigenvalue weighted by Crippen LogP contribution is -2.45. The van der Waals surface area contributed by atoms with Crippen LogP contribution in [0.1, 0.15) is 44.6 Å². The molecule has 6 nitrogen and oxygen atoms in total. The Kier molecular flexibility index (Phi) is 8.69. The first kappa shape index (κ1) is 24.4. The van der Waals surface area contributed by atoms with E-state index in [9.17, 15) is 9.59 Å². The third kappa shape index (κ3) is 6.66. The molecule has 34 heavy (non-hydrogen) atoms. The molecule has 0 bridgehead atoms. The van der Waals surface area contributed by atoms with Gasteiger partial charge in [0.15, 0.2) is 0 Å². The van der Waals surface area contributed by atoms with E-state index in [-0.39, 0.29) is 17.7 Å². The van der Waals surface area contributed by atoms with Crippen LogP contribution in [0.5, 0.6) is 0 Å².